The summed E-state index contributed by atoms with van der Waals surface area (Å²) in [4.78, 5) is 4.74. The number of nitrogens with zero attached hydrogens (tertiary/aromatic N) is 1. The summed E-state index contributed by atoms with van der Waals surface area (Å²) in [6.07, 6.45) is 5.91. The van der Waals surface area contributed by atoms with E-state index in [1.54, 1.807) is 7.11 Å². The zero-order chi connectivity index (χ0) is 18.1. The molecule has 2 rings (SSSR count). The lowest BCUT2D eigenvalue weighted by Gasteiger charge is -2.17. The van der Waals surface area contributed by atoms with Crippen LogP contribution in [-0.2, 0) is 6.54 Å². The van der Waals surface area contributed by atoms with Crippen molar-refractivity contribution in [1.29, 1.82) is 0 Å². The van der Waals surface area contributed by atoms with Crippen LogP contribution in [0.4, 0.5) is 0 Å². The molecule has 1 aromatic carbocycles. The summed E-state index contributed by atoms with van der Waals surface area (Å²) in [5, 5.41) is 7.70. The molecule has 26 heavy (non-hydrogen) atoms. The molecule has 1 aromatic rings. The van der Waals surface area contributed by atoms with Crippen molar-refractivity contribution in [2.45, 2.75) is 50.9 Å². The molecule has 0 amide bonds. The number of hydrogen-bond acceptors (Lipinski definition) is 4. The number of aliphatic imine (C=N–C) groups is 1. The van der Waals surface area contributed by atoms with Gasteiger partial charge in [-0.05, 0) is 57.1 Å². The Morgan fingerprint density at radius 2 is 2.08 bits per heavy atom. The average Bonchev–Trinajstić information content (AvgIpc) is 3.08. The third kappa shape index (κ3) is 7.06. The molecule has 0 saturated heterocycles. The van der Waals surface area contributed by atoms with Crippen molar-refractivity contribution < 1.29 is 9.47 Å². The molecular formula is C19H32IN3O2S. The van der Waals surface area contributed by atoms with E-state index < -0.39 is 0 Å². The van der Waals surface area contributed by atoms with Crippen LogP contribution in [0.2, 0.25) is 0 Å². The van der Waals surface area contributed by atoms with Crippen LogP contribution in [-0.4, -0.2) is 43.8 Å². The summed E-state index contributed by atoms with van der Waals surface area (Å²) in [7, 11) is 1.67. The molecule has 148 valence electrons. The van der Waals surface area contributed by atoms with Crippen molar-refractivity contribution in [2.24, 2.45) is 4.99 Å². The predicted molar refractivity (Wildman–Crippen MR) is 122 cm³/mol. The number of benzene rings is 1. The summed E-state index contributed by atoms with van der Waals surface area (Å²) in [6, 6.07) is 6.51. The van der Waals surface area contributed by atoms with E-state index in [0.717, 1.165) is 34.8 Å². The van der Waals surface area contributed by atoms with Gasteiger partial charge in [0.15, 0.2) is 17.5 Å². The monoisotopic (exact) mass is 493 g/mol. The second-order valence-electron chi connectivity index (χ2n) is 6.13. The number of nitrogens with one attached hydrogen (secondary N) is 2. The summed E-state index contributed by atoms with van der Waals surface area (Å²) in [5.74, 6) is 2.42. The van der Waals surface area contributed by atoms with E-state index >= 15 is 0 Å². The first-order valence-corrected chi connectivity index (χ1v) is 10.4. The SMILES string of the molecule is CCNC(=NCc1ccc(OCC)c(OC)c1)NC1CCC(SC)C1.I. The van der Waals surface area contributed by atoms with Gasteiger partial charge in [0.1, 0.15) is 0 Å². The molecule has 1 aliphatic carbocycles. The molecule has 0 spiro atoms. The van der Waals surface area contributed by atoms with Gasteiger partial charge in [-0.3, -0.25) is 0 Å². The lowest BCUT2D eigenvalue weighted by molar-refractivity contribution is 0.310. The first-order chi connectivity index (χ1) is 12.2. The molecule has 1 aliphatic rings. The smallest absolute Gasteiger partial charge is 0.191 e. The highest BCUT2D eigenvalue weighted by molar-refractivity contribution is 14.0. The van der Waals surface area contributed by atoms with E-state index in [-0.39, 0.29) is 24.0 Å². The molecule has 5 nitrogen and oxygen atoms in total. The fraction of sp³-hybridized carbons (Fsp3) is 0.632. The number of methoxy groups -OCH3 is 1. The molecule has 0 aliphatic heterocycles. The van der Waals surface area contributed by atoms with Gasteiger partial charge in [0.05, 0.1) is 20.3 Å². The zero-order valence-corrected chi connectivity index (χ0v) is 19.4. The highest BCUT2D eigenvalue weighted by Crippen LogP contribution is 2.29. The first kappa shape index (κ1) is 23.2. The molecule has 0 heterocycles. The highest BCUT2D eigenvalue weighted by Gasteiger charge is 2.24. The quantitative estimate of drug-likeness (QED) is 0.325. The van der Waals surface area contributed by atoms with Gasteiger partial charge in [0.2, 0.25) is 0 Å². The predicted octanol–water partition coefficient (Wildman–Crippen LogP) is 4.05. The van der Waals surface area contributed by atoms with Crippen LogP contribution >= 0.6 is 35.7 Å². The van der Waals surface area contributed by atoms with Crippen molar-refractivity contribution in [1.82, 2.24) is 10.6 Å². The Morgan fingerprint density at radius 1 is 1.27 bits per heavy atom. The Labute approximate surface area is 179 Å². The topological polar surface area (TPSA) is 54.9 Å². The fourth-order valence-electron chi connectivity index (χ4n) is 3.05. The number of guanidine groups is 1. The fourth-order valence-corrected chi connectivity index (χ4v) is 3.85. The zero-order valence-electron chi connectivity index (χ0n) is 16.2. The summed E-state index contributed by atoms with van der Waals surface area (Å²) >= 11 is 1.97. The number of ether oxygens (including phenoxy) is 2. The van der Waals surface area contributed by atoms with E-state index in [1.807, 2.05) is 36.9 Å². The van der Waals surface area contributed by atoms with Gasteiger partial charge in [-0.25, -0.2) is 4.99 Å². The number of rotatable bonds is 8. The molecule has 0 radical (unpaired) electrons. The summed E-state index contributed by atoms with van der Waals surface area (Å²) < 4.78 is 11.0. The van der Waals surface area contributed by atoms with Gasteiger partial charge in [0, 0.05) is 17.8 Å². The summed E-state index contributed by atoms with van der Waals surface area (Å²) in [5.41, 5.74) is 1.10. The molecule has 0 bridgehead atoms. The standard InChI is InChI=1S/C19H31N3O2S.HI/c1-5-20-19(22-15-8-9-16(12-15)25-4)21-13-14-7-10-17(24-6-2)18(11-14)23-3;/h7,10-11,15-16H,5-6,8-9,12-13H2,1-4H3,(H2,20,21,22);1H. The highest BCUT2D eigenvalue weighted by atomic mass is 127. The van der Waals surface area contributed by atoms with E-state index in [2.05, 4.69) is 23.8 Å². The van der Waals surface area contributed by atoms with Gasteiger partial charge in [-0.15, -0.1) is 24.0 Å². The molecule has 2 unspecified atom stereocenters. The van der Waals surface area contributed by atoms with Crippen LogP contribution in [0.15, 0.2) is 23.2 Å². The Kier molecular flexibility index (Phi) is 11.2. The van der Waals surface area contributed by atoms with Crippen molar-refractivity contribution in [3.63, 3.8) is 0 Å². The van der Waals surface area contributed by atoms with Crippen LogP contribution in [0.25, 0.3) is 0 Å². The van der Waals surface area contributed by atoms with Gasteiger partial charge < -0.3 is 20.1 Å². The van der Waals surface area contributed by atoms with Crippen molar-refractivity contribution in [3.05, 3.63) is 23.8 Å². The second kappa shape index (κ2) is 12.5. The van der Waals surface area contributed by atoms with Crippen LogP contribution in [0.5, 0.6) is 11.5 Å². The van der Waals surface area contributed by atoms with Gasteiger partial charge in [-0.2, -0.15) is 11.8 Å². The Morgan fingerprint density at radius 3 is 2.69 bits per heavy atom. The Bertz CT molecular complexity index is 572. The Hall–Kier alpha value is -0.830. The van der Waals surface area contributed by atoms with Crippen molar-refractivity contribution in [2.75, 3.05) is 26.5 Å². The minimum absolute atomic E-state index is 0. The molecule has 1 saturated carbocycles. The molecule has 1 fully saturated rings. The van der Waals surface area contributed by atoms with Crippen LogP contribution in [0, 0.1) is 0 Å². The average molecular weight is 493 g/mol. The molecule has 2 N–H and O–H groups in total. The van der Waals surface area contributed by atoms with Gasteiger partial charge >= 0.3 is 0 Å². The third-order valence-corrected chi connectivity index (χ3v) is 5.45. The second-order valence-corrected chi connectivity index (χ2v) is 7.26. The van der Waals surface area contributed by atoms with Crippen LogP contribution < -0.4 is 20.1 Å². The lowest BCUT2D eigenvalue weighted by atomic mass is 10.2. The lowest BCUT2D eigenvalue weighted by Crippen LogP contribution is -2.42. The van der Waals surface area contributed by atoms with E-state index in [1.165, 1.54) is 19.3 Å². The maximum absolute atomic E-state index is 5.57. The minimum Gasteiger partial charge on any atom is -0.493 e. The molecule has 0 aromatic heterocycles. The molecular weight excluding hydrogens is 461 g/mol. The van der Waals surface area contributed by atoms with E-state index in [9.17, 15) is 0 Å². The Balaban J connectivity index is 0.00000338. The molecule has 2 atom stereocenters. The first-order valence-electron chi connectivity index (χ1n) is 9.07. The van der Waals surface area contributed by atoms with Gasteiger partial charge in [0.25, 0.3) is 0 Å². The van der Waals surface area contributed by atoms with Crippen molar-refractivity contribution >= 4 is 41.7 Å². The maximum atomic E-state index is 5.57. The van der Waals surface area contributed by atoms with Crippen LogP contribution in [0.3, 0.4) is 0 Å². The maximum Gasteiger partial charge on any atom is 0.191 e. The summed E-state index contributed by atoms with van der Waals surface area (Å²) in [6.45, 7) is 6.15. The third-order valence-electron chi connectivity index (χ3n) is 4.35. The molecule has 7 heteroatoms. The normalized spacial score (nSPS) is 19.6. The number of thioether (sulfide) groups is 1. The van der Waals surface area contributed by atoms with E-state index in [0.29, 0.717) is 19.2 Å². The van der Waals surface area contributed by atoms with Crippen LogP contribution in [0.1, 0.15) is 38.7 Å². The number of halogens is 1. The minimum atomic E-state index is 0. The number of hydrogen-bond donors (Lipinski definition) is 2. The van der Waals surface area contributed by atoms with E-state index in [4.69, 9.17) is 14.5 Å². The van der Waals surface area contributed by atoms with Crippen molar-refractivity contribution in [3.8, 4) is 11.5 Å². The van der Waals surface area contributed by atoms with Gasteiger partial charge in [-0.1, -0.05) is 6.07 Å². The largest absolute Gasteiger partial charge is 0.493 e.